The lowest BCUT2D eigenvalue weighted by atomic mass is 9.95. The minimum atomic E-state index is 0.0162. The Morgan fingerprint density at radius 1 is 1.23 bits per heavy atom. The lowest BCUT2D eigenvalue weighted by Gasteiger charge is -2.16. The van der Waals surface area contributed by atoms with Gasteiger partial charge in [-0.3, -0.25) is 4.79 Å². The van der Waals surface area contributed by atoms with Gasteiger partial charge in [0.05, 0.1) is 4.34 Å². The molecule has 2 atom stereocenters. The Bertz CT molecular complexity index is 643. The van der Waals surface area contributed by atoms with Crippen LogP contribution in [0.5, 0.6) is 0 Å². The second-order valence-corrected chi connectivity index (χ2v) is 7.49. The van der Waals surface area contributed by atoms with E-state index in [2.05, 4.69) is 12.1 Å². The number of thiophene rings is 1. The van der Waals surface area contributed by atoms with Crippen LogP contribution >= 0.6 is 22.9 Å². The maximum Gasteiger partial charge on any atom is 0.223 e. The highest BCUT2D eigenvalue weighted by molar-refractivity contribution is 7.16. The summed E-state index contributed by atoms with van der Waals surface area (Å²) in [5.41, 5.74) is 7.46. The van der Waals surface area contributed by atoms with Crippen molar-refractivity contribution in [1.29, 1.82) is 0 Å². The van der Waals surface area contributed by atoms with Gasteiger partial charge in [-0.25, -0.2) is 0 Å². The maximum atomic E-state index is 12.4. The Kier molecular flexibility index (Phi) is 4.81. The van der Waals surface area contributed by atoms with E-state index in [1.165, 1.54) is 5.56 Å². The number of halogens is 1. The second-order valence-electron chi connectivity index (χ2n) is 5.69. The first-order valence-electron chi connectivity index (χ1n) is 7.46. The smallest absolute Gasteiger partial charge is 0.223 e. The maximum absolute atomic E-state index is 12.4. The number of amides is 1. The van der Waals surface area contributed by atoms with Crippen LogP contribution in [-0.2, 0) is 11.2 Å². The van der Waals surface area contributed by atoms with Crippen LogP contribution in [0.2, 0.25) is 4.34 Å². The van der Waals surface area contributed by atoms with Crippen molar-refractivity contribution in [3.8, 4) is 0 Å². The summed E-state index contributed by atoms with van der Waals surface area (Å²) >= 11 is 7.46. The van der Waals surface area contributed by atoms with E-state index < -0.39 is 0 Å². The molecule has 1 aliphatic heterocycles. The molecule has 5 heteroatoms. The van der Waals surface area contributed by atoms with Gasteiger partial charge in [-0.15, -0.1) is 11.3 Å². The van der Waals surface area contributed by atoms with Crippen LogP contribution in [0.3, 0.4) is 0 Å². The third kappa shape index (κ3) is 3.51. The molecule has 2 heterocycles. The van der Waals surface area contributed by atoms with Crippen molar-refractivity contribution in [2.75, 3.05) is 13.1 Å². The lowest BCUT2D eigenvalue weighted by molar-refractivity contribution is -0.130. The van der Waals surface area contributed by atoms with Crippen LogP contribution in [0.15, 0.2) is 42.5 Å². The van der Waals surface area contributed by atoms with E-state index in [1.54, 1.807) is 11.3 Å². The number of hydrogen-bond acceptors (Lipinski definition) is 3. The molecule has 1 amide bonds. The molecule has 1 aliphatic rings. The van der Waals surface area contributed by atoms with Crippen LogP contribution < -0.4 is 5.73 Å². The lowest BCUT2D eigenvalue weighted by Crippen LogP contribution is -2.32. The van der Waals surface area contributed by atoms with Gasteiger partial charge < -0.3 is 10.6 Å². The first kappa shape index (κ1) is 15.5. The molecule has 0 unspecified atom stereocenters. The van der Waals surface area contributed by atoms with E-state index in [4.69, 9.17) is 17.3 Å². The first-order valence-corrected chi connectivity index (χ1v) is 8.65. The fraction of sp³-hybridized carbons (Fsp3) is 0.353. The highest BCUT2D eigenvalue weighted by atomic mass is 35.5. The average Bonchev–Trinajstić information content (AvgIpc) is 3.12. The van der Waals surface area contributed by atoms with Crippen molar-refractivity contribution in [3.05, 3.63) is 57.2 Å². The summed E-state index contributed by atoms with van der Waals surface area (Å²) in [7, 11) is 0. The highest BCUT2D eigenvalue weighted by Gasteiger charge is 2.33. The minimum Gasteiger partial charge on any atom is -0.340 e. The Balaban J connectivity index is 1.58. The van der Waals surface area contributed by atoms with Gasteiger partial charge in [-0.2, -0.15) is 0 Å². The number of rotatable bonds is 4. The predicted molar refractivity (Wildman–Crippen MR) is 91.4 cm³/mol. The van der Waals surface area contributed by atoms with E-state index in [0.29, 0.717) is 13.0 Å². The zero-order chi connectivity index (χ0) is 15.5. The fourth-order valence-electron chi connectivity index (χ4n) is 2.96. The van der Waals surface area contributed by atoms with Gasteiger partial charge in [0.25, 0.3) is 0 Å². The molecule has 22 heavy (non-hydrogen) atoms. The summed E-state index contributed by atoms with van der Waals surface area (Å²) in [5, 5.41) is 0. The van der Waals surface area contributed by atoms with E-state index in [-0.39, 0.29) is 17.9 Å². The van der Waals surface area contributed by atoms with Gasteiger partial charge in [0.1, 0.15) is 0 Å². The number of benzene rings is 1. The van der Waals surface area contributed by atoms with Crippen molar-refractivity contribution < 1.29 is 4.79 Å². The Morgan fingerprint density at radius 2 is 2.00 bits per heavy atom. The molecular weight excluding hydrogens is 316 g/mol. The molecule has 116 valence electrons. The minimum absolute atomic E-state index is 0.0162. The molecule has 2 aromatic rings. The molecular formula is C17H19ClN2OS. The van der Waals surface area contributed by atoms with Crippen LogP contribution in [0.4, 0.5) is 0 Å². The third-order valence-electron chi connectivity index (χ3n) is 4.16. The van der Waals surface area contributed by atoms with Gasteiger partial charge in [0, 0.05) is 36.3 Å². The summed E-state index contributed by atoms with van der Waals surface area (Å²) in [6.45, 7) is 1.36. The summed E-state index contributed by atoms with van der Waals surface area (Å²) in [5.74, 6) is 0.416. The quantitative estimate of drug-likeness (QED) is 0.932. The SMILES string of the molecule is N[C@@H]1CN(C(=O)CCc2ccc(Cl)s2)C[C@H]1c1ccccc1. The Hall–Kier alpha value is -1.36. The summed E-state index contributed by atoms with van der Waals surface area (Å²) < 4.78 is 0.773. The van der Waals surface area contributed by atoms with Crippen molar-refractivity contribution >= 4 is 28.8 Å². The monoisotopic (exact) mass is 334 g/mol. The van der Waals surface area contributed by atoms with Crippen LogP contribution in [-0.4, -0.2) is 29.9 Å². The zero-order valence-electron chi connectivity index (χ0n) is 12.2. The molecule has 0 bridgehead atoms. The molecule has 1 aromatic heterocycles. The van der Waals surface area contributed by atoms with Crippen LogP contribution in [0.1, 0.15) is 22.8 Å². The largest absolute Gasteiger partial charge is 0.340 e. The second kappa shape index (κ2) is 6.82. The van der Waals surface area contributed by atoms with Crippen LogP contribution in [0.25, 0.3) is 0 Å². The molecule has 3 nitrogen and oxygen atoms in total. The molecule has 2 N–H and O–H groups in total. The molecule has 1 saturated heterocycles. The number of likely N-dealkylation sites (tertiary alicyclic amines) is 1. The number of nitrogens with two attached hydrogens (primary N) is 1. The van der Waals surface area contributed by atoms with Gasteiger partial charge in [-0.1, -0.05) is 41.9 Å². The van der Waals surface area contributed by atoms with Gasteiger partial charge in [0.2, 0.25) is 5.91 Å². The predicted octanol–water partition coefficient (Wildman–Crippen LogP) is 3.29. The highest BCUT2D eigenvalue weighted by Crippen LogP contribution is 2.27. The molecule has 0 spiro atoms. The number of carbonyl (C=O) groups excluding carboxylic acids is 1. The van der Waals surface area contributed by atoms with E-state index >= 15 is 0 Å². The fourth-order valence-corrected chi connectivity index (χ4v) is 4.05. The summed E-state index contributed by atoms with van der Waals surface area (Å²) in [4.78, 5) is 15.4. The van der Waals surface area contributed by atoms with Crippen LogP contribution in [0, 0.1) is 0 Å². The van der Waals surface area contributed by atoms with E-state index in [1.807, 2.05) is 35.2 Å². The summed E-state index contributed by atoms with van der Waals surface area (Å²) in [6.07, 6.45) is 1.27. The molecule has 0 radical (unpaired) electrons. The third-order valence-corrected chi connectivity index (χ3v) is 5.45. The molecule has 1 aromatic carbocycles. The van der Waals surface area contributed by atoms with Crippen molar-refractivity contribution in [1.82, 2.24) is 4.90 Å². The normalized spacial score (nSPS) is 21.3. The number of nitrogens with zero attached hydrogens (tertiary/aromatic N) is 1. The average molecular weight is 335 g/mol. The Morgan fingerprint density at radius 3 is 2.68 bits per heavy atom. The Labute approximate surface area is 139 Å². The molecule has 1 fully saturated rings. The van der Waals surface area contributed by atoms with E-state index in [0.717, 1.165) is 22.2 Å². The molecule has 0 aliphatic carbocycles. The van der Waals surface area contributed by atoms with Gasteiger partial charge >= 0.3 is 0 Å². The first-order chi connectivity index (χ1) is 10.6. The number of hydrogen-bond donors (Lipinski definition) is 1. The van der Waals surface area contributed by atoms with Crippen molar-refractivity contribution in [2.45, 2.75) is 24.8 Å². The zero-order valence-corrected chi connectivity index (χ0v) is 13.8. The topological polar surface area (TPSA) is 46.3 Å². The number of aryl methyl sites for hydroxylation is 1. The standard InChI is InChI=1S/C17H19ClN2OS/c18-16-8-6-13(22-16)7-9-17(21)20-10-14(15(19)11-20)12-4-2-1-3-5-12/h1-6,8,14-15H,7,9-11,19H2/t14-,15+/m0/s1. The van der Waals surface area contributed by atoms with Crippen molar-refractivity contribution in [2.24, 2.45) is 5.73 Å². The molecule has 3 rings (SSSR count). The summed E-state index contributed by atoms with van der Waals surface area (Å²) in [6, 6.07) is 14.1. The van der Waals surface area contributed by atoms with Gasteiger partial charge in [0.15, 0.2) is 0 Å². The van der Waals surface area contributed by atoms with Gasteiger partial charge in [-0.05, 0) is 24.1 Å². The van der Waals surface area contributed by atoms with Crippen molar-refractivity contribution in [3.63, 3.8) is 0 Å². The number of carbonyl (C=O) groups is 1. The van der Waals surface area contributed by atoms with E-state index in [9.17, 15) is 4.79 Å². The molecule has 0 saturated carbocycles.